The van der Waals surface area contributed by atoms with E-state index in [1.165, 1.54) is 11.1 Å². The van der Waals surface area contributed by atoms with E-state index in [1.54, 1.807) is 6.92 Å². The van der Waals surface area contributed by atoms with Gasteiger partial charge in [-0.2, -0.15) is 0 Å². The number of amides is 1. The number of carbonyl (C=O) groups excluding carboxylic acids is 1. The van der Waals surface area contributed by atoms with Gasteiger partial charge in [0, 0.05) is 45.7 Å². The van der Waals surface area contributed by atoms with Crippen molar-refractivity contribution in [1.82, 2.24) is 15.1 Å². The van der Waals surface area contributed by atoms with Crippen molar-refractivity contribution in [1.29, 1.82) is 0 Å². The van der Waals surface area contributed by atoms with E-state index < -0.39 is 0 Å². The van der Waals surface area contributed by atoms with Crippen molar-refractivity contribution in [3.8, 4) is 0 Å². The summed E-state index contributed by atoms with van der Waals surface area (Å²) in [5.41, 5.74) is 2.98. The van der Waals surface area contributed by atoms with E-state index in [2.05, 4.69) is 34.5 Å². The van der Waals surface area contributed by atoms with Crippen LogP contribution in [0, 0.1) is 0 Å². The van der Waals surface area contributed by atoms with E-state index in [9.17, 15) is 4.79 Å². The van der Waals surface area contributed by atoms with Gasteiger partial charge in [-0.25, -0.2) is 0 Å². The summed E-state index contributed by atoms with van der Waals surface area (Å²) in [6, 6.07) is 9.29. The Morgan fingerprint density at radius 3 is 2.76 bits per heavy atom. The van der Waals surface area contributed by atoms with Crippen molar-refractivity contribution in [2.24, 2.45) is 0 Å². The molecule has 0 aliphatic carbocycles. The second-order valence-electron chi connectivity index (χ2n) is 6.09. The summed E-state index contributed by atoms with van der Waals surface area (Å²) in [6.45, 7) is 7.63. The van der Waals surface area contributed by atoms with Gasteiger partial charge in [0.1, 0.15) is 0 Å². The number of rotatable bonds is 3. The van der Waals surface area contributed by atoms with E-state index in [4.69, 9.17) is 0 Å². The van der Waals surface area contributed by atoms with Gasteiger partial charge in [-0.3, -0.25) is 9.69 Å². The van der Waals surface area contributed by atoms with Crippen LogP contribution in [0.3, 0.4) is 0 Å². The van der Waals surface area contributed by atoms with Crippen LogP contribution in [-0.4, -0.2) is 55.0 Å². The minimum atomic E-state index is 0.206. The van der Waals surface area contributed by atoms with Gasteiger partial charge >= 0.3 is 0 Å². The van der Waals surface area contributed by atoms with Gasteiger partial charge in [-0.05, 0) is 30.5 Å². The van der Waals surface area contributed by atoms with Crippen LogP contribution < -0.4 is 5.32 Å². The quantitative estimate of drug-likeness (QED) is 0.913. The minimum absolute atomic E-state index is 0.206. The molecule has 1 aromatic rings. The number of hydrogen-bond donors (Lipinski definition) is 1. The SMILES string of the molecule is CC(=O)N1CCN(CCC2NCCc3ccccc32)CC1. The molecule has 21 heavy (non-hydrogen) atoms. The summed E-state index contributed by atoms with van der Waals surface area (Å²) >= 11 is 0. The molecule has 2 aliphatic rings. The Hall–Kier alpha value is -1.39. The molecule has 0 spiro atoms. The highest BCUT2D eigenvalue weighted by molar-refractivity contribution is 5.73. The standard InChI is InChI=1S/C17H25N3O/c1-14(21)20-12-10-19(11-13-20)9-7-17-16-5-3-2-4-15(16)6-8-18-17/h2-5,17-18H,6-13H2,1H3. The Kier molecular flexibility index (Phi) is 4.56. The topological polar surface area (TPSA) is 35.6 Å². The second kappa shape index (κ2) is 6.58. The number of benzene rings is 1. The molecule has 1 amide bonds. The fourth-order valence-electron chi connectivity index (χ4n) is 3.45. The lowest BCUT2D eigenvalue weighted by molar-refractivity contribution is -0.130. The van der Waals surface area contributed by atoms with Crippen molar-refractivity contribution >= 4 is 5.91 Å². The molecule has 0 aromatic heterocycles. The number of nitrogens with zero attached hydrogens (tertiary/aromatic N) is 2. The third-order valence-electron chi connectivity index (χ3n) is 4.77. The Labute approximate surface area is 127 Å². The van der Waals surface area contributed by atoms with Crippen LogP contribution in [0.25, 0.3) is 0 Å². The third kappa shape index (κ3) is 3.44. The zero-order valence-electron chi connectivity index (χ0n) is 12.8. The molecule has 1 unspecified atom stereocenters. The lowest BCUT2D eigenvalue weighted by Gasteiger charge is -2.35. The van der Waals surface area contributed by atoms with E-state index in [1.807, 2.05) is 4.90 Å². The van der Waals surface area contributed by atoms with Crippen LogP contribution in [-0.2, 0) is 11.2 Å². The third-order valence-corrected chi connectivity index (χ3v) is 4.77. The van der Waals surface area contributed by atoms with Crippen LogP contribution in [0.5, 0.6) is 0 Å². The molecule has 2 aliphatic heterocycles. The number of fused-ring (bicyclic) bond motifs is 1. The highest BCUT2D eigenvalue weighted by Gasteiger charge is 2.22. The van der Waals surface area contributed by atoms with Crippen molar-refractivity contribution in [3.63, 3.8) is 0 Å². The molecule has 3 rings (SSSR count). The number of carbonyl (C=O) groups is 1. The van der Waals surface area contributed by atoms with Crippen LogP contribution >= 0.6 is 0 Å². The lowest BCUT2D eigenvalue weighted by Crippen LogP contribution is -2.48. The fourth-order valence-corrected chi connectivity index (χ4v) is 3.45. The molecule has 1 saturated heterocycles. The van der Waals surface area contributed by atoms with Gasteiger partial charge in [-0.15, -0.1) is 0 Å². The minimum Gasteiger partial charge on any atom is -0.340 e. The summed E-state index contributed by atoms with van der Waals surface area (Å²) in [5, 5.41) is 3.65. The van der Waals surface area contributed by atoms with E-state index in [0.29, 0.717) is 6.04 Å². The van der Waals surface area contributed by atoms with Crippen molar-refractivity contribution < 1.29 is 4.79 Å². The van der Waals surface area contributed by atoms with Crippen molar-refractivity contribution in [3.05, 3.63) is 35.4 Å². The van der Waals surface area contributed by atoms with E-state index >= 15 is 0 Å². The maximum atomic E-state index is 11.3. The van der Waals surface area contributed by atoms with Crippen molar-refractivity contribution in [2.45, 2.75) is 25.8 Å². The van der Waals surface area contributed by atoms with Gasteiger partial charge in [0.15, 0.2) is 0 Å². The molecule has 114 valence electrons. The monoisotopic (exact) mass is 287 g/mol. The lowest BCUT2D eigenvalue weighted by atomic mass is 9.92. The van der Waals surface area contributed by atoms with Crippen LogP contribution in [0.1, 0.15) is 30.5 Å². The molecule has 4 heteroatoms. The summed E-state index contributed by atoms with van der Waals surface area (Å²) in [6.07, 6.45) is 2.29. The summed E-state index contributed by atoms with van der Waals surface area (Å²) in [5.74, 6) is 0.206. The predicted molar refractivity (Wildman–Crippen MR) is 84.2 cm³/mol. The summed E-state index contributed by atoms with van der Waals surface area (Å²) < 4.78 is 0. The van der Waals surface area contributed by atoms with E-state index in [0.717, 1.165) is 52.1 Å². The number of nitrogens with one attached hydrogen (secondary N) is 1. The van der Waals surface area contributed by atoms with Crippen molar-refractivity contribution in [2.75, 3.05) is 39.3 Å². The maximum Gasteiger partial charge on any atom is 0.219 e. The first-order chi connectivity index (χ1) is 10.2. The first-order valence-corrected chi connectivity index (χ1v) is 8.03. The average Bonchev–Trinajstić information content (AvgIpc) is 2.53. The largest absolute Gasteiger partial charge is 0.340 e. The Morgan fingerprint density at radius 1 is 1.24 bits per heavy atom. The molecule has 0 saturated carbocycles. The summed E-state index contributed by atoms with van der Waals surface area (Å²) in [4.78, 5) is 15.8. The van der Waals surface area contributed by atoms with Gasteiger partial charge in [0.2, 0.25) is 5.91 Å². The zero-order valence-corrected chi connectivity index (χ0v) is 12.8. The van der Waals surface area contributed by atoms with Gasteiger partial charge in [-0.1, -0.05) is 24.3 Å². The number of hydrogen-bond acceptors (Lipinski definition) is 3. The average molecular weight is 287 g/mol. The van der Waals surface area contributed by atoms with Crippen LogP contribution in [0.2, 0.25) is 0 Å². The molecule has 1 N–H and O–H groups in total. The molecule has 0 bridgehead atoms. The molecular formula is C17H25N3O. The number of piperazine rings is 1. The predicted octanol–water partition coefficient (Wildman–Crippen LogP) is 1.43. The molecule has 1 fully saturated rings. The Balaban J connectivity index is 1.52. The van der Waals surface area contributed by atoms with Gasteiger partial charge < -0.3 is 10.2 Å². The summed E-state index contributed by atoms with van der Waals surface area (Å²) in [7, 11) is 0. The van der Waals surface area contributed by atoms with E-state index in [-0.39, 0.29) is 5.91 Å². The molecule has 1 atom stereocenters. The first kappa shape index (κ1) is 14.5. The Morgan fingerprint density at radius 2 is 2.00 bits per heavy atom. The van der Waals surface area contributed by atoms with Crippen LogP contribution in [0.4, 0.5) is 0 Å². The smallest absolute Gasteiger partial charge is 0.219 e. The molecule has 1 aromatic carbocycles. The highest BCUT2D eigenvalue weighted by Crippen LogP contribution is 2.25. The normalized spacial score (nSPS) is 22.9. The molecule has 4 nitrogen and oxygen atoms in total. The molecular weight excluding hydrogens is 262 g/mol. The molecule has 0 radical (unpaired) electrons. The van der Waals surface area contributed by atoms with Crippen LogP contribution in [0.15, 0.2) is 24.3 Å². The van der Waals surface area contributed by atoms with Gasteiger partial charge in [0.05, 0.1) is 0 Å². The zero-order chi connectivity index (χ0) is 14.7. The fraction of sp³-hybridized carbons (Fsp3) is 0.588. The first-order valence-electron chi connectivity index (χ1n) is 8.03. The Bertz CT molecular complexity index is 495. The highest BCUT2D eigenvalue weighted by atomic mass is 16.2. The van der Waals surface area contributed by atoms with Gasteiger partial charge in [0.25, 0.3) is 0 Å². The second-order valence-corrected chi connectivity index (χ2v) is 6.09. The maximum absolute atomic E-state index is 11.3. The molecule has 2 heterocycles.